The summed E-state index contributed by atoms with van der Waals surface area (Å²) in [5.74, 6) is 0. The van der Waals surface area contributed by atoms with E-state index in [2.05, 4.69) is 27.7 Å². The fraction of sp³-hybridized carbons (Fsp3) is 1.00. The van der Waals surface area contributed by atoms with Gasteiger partial charge in [-0.2, -0.15) is 0 Å². The first-order valence-corrected chi connectivity index (χ1v) is 16.9. The van der Waals surface area contributed by atoms with E-state index in [-0.39, 0.29) is 0 Å². The molecule has 116 valence electrons. The third-order valence-electron chi connectivity index (χ3n) is 4.23. The standard InChI is InChI=1S/C5H11O.3C4H9.Sn/c1-3-4-5-6-2;3*1-3-4-2;/h2-5H2,1H3;3*1,3-4H2,2H3;. The van der Waals surface area contributed by atoms with Crippen LogP contribution in [0.25, 0.3) is 0 Å². The van der Waals surface area contributed by atoms with Crippen LogP contribution in [0.3, 0.4) is 0 Å². The number of hydrogen-bond donors (Lipinski definition) is 0. The van der Waals surface area contributed by atoms with Gasteiger partial charge in [-0.25, -0.2) is 0 Å². The molecule has 1 nitrogen and oxygen atoms in total. The van der Waals surface area contributed by atoms with Crippen LogP contribution in [0.1, 0.15) is 79.1 Å². The molecule has 0 rings (SSSR count). The Hall–Kier alpha value is 0.759. The molecule has 0 saturated carbocycles. The SMILES string of the molecule is CCCCO[CH2][Sn]([CH2]CCC)([CH2]CCC)[CH2]CCC. The first kappa shape index (κ1) is 19.8. The van der Waals surface area contributed by atoms with Crippen LogP contribution in [0, 0.1) is 0 Å². The average Bonchev–Trinajstić information content (AvgIpc) is 2.44. The summed E-state index contributed by atoms with van der Waals surface area (Å²) in [6, 6.07) is 0. The summed E-state index contributed by atoms with van der Waals surface area (Å²) in [5, 5.41) is 0. The molecule has 0 aliphatic carbocycles. The van der Waals surface area contributed by atoms with E-state index in [4.69, 9.17) is 4.74 Å². The Labute approximate surface area is 126 Å². The molecule has 0 bridgehead atoms. The van der Waals surface area contributed by atoms with Crippen molar-refractivity contribution in [3.05, 3.63) is 0 Å². The van der Waals surface area contributed by atoms with Crippen LogP contribution in [0.4, 0.5) is 0 Å². The van der Waals surface area contributed by atoms with Gasteiger partial charge in [0, 0.05) is 0 Å². The van der Waals surface area contributed by atoms with Gasteiger partial charge in [-0.1, -0.05) is 0 Å². The van der Waals surface area contributed by atoms with Crippen molar-refractivity contribution >= 4 is 18.4 Å². The third kappa shape index (κ3) is 10.2. The molecule has 0 radical (unpaired) electrons. The van der Waals surface area contributed by atoms with Crippen LogP contribution in [-0.2, 0) is 4.74 Å². The van der Waals surface area contributed by atoms with Crippen molar-refractivity contribution in [1.82, 2.24) is 0 Å². The van der Waals surface area contributed by atoms with E-state index in [1.807, 2.05) is 0 Å². The second kappa shape index (κ2) is 13.7. The van der Waals surface area contributed by atoms with E-state index in [1.165, 1.54) is 56.0 Å². The van der Waals surface area contributed by atoms with E-state index in [1.54, 1.807) is 13.3 Å². The summed E-state index contributed by atoms with van der Waals surface area (Å²) in [6.45, 7) is 10.3. The van der Waals surface area contributed by atoms with E-state index in [0.717, 1.165) is 6.61 Å². The van der Waals surface area contributed by atoms with Crippen LogP contribution < -0.4 is 0 Å². The van der Waals surface area contributed by atoms with Crippen LogP contribution in [0.5, 0.6) is 0 Å². The first-order valence-electron chi connectivity index (χ1n) is 8.82. The van der Waals surface area contributed by atoms with Crippen LogP contribution in [0.15, 0.2) is 0 Å². The minimum absolute atomic E-state index is 1.01. The molecule has 0 fully saturated rings. The molecule has 0 heterocycles. The molecule has 0 aromatic rings. The molecule has 0 saturated heterocycles. The van der Waals surface area contributed by atoms with Gasteiger partial charge in [0.05, 0.1) is 0 Å². The number of unbranched alkanes of at least 4 members (excludes halogenated alkanes) is 4. The third-order valence-corrected chi connectivity index (χ3v) is 18.7. The van der Waals surface area contributed by atoms with Gasteiger partial charge in [0.2, 0.25) is 0 Å². The molecule has 0 aliphatic heterocycles. The Morgan fingerprint density at radius 2 is 1.05 bits per heavy atom. The Bertz CT molecular complexity index is 160. The monoisotopic (exact) mass is 378 g/mol. The van der Waals surface area contributed by atoms with E-state index in [0.29, 0.717) is 0 Å². The summed E-state index contributed by atoms with van der Waals surface area (Å²) in [5.41, 5.74) is 0. The summed E-state index contributed by atoms with van der Waals surface area (Å²) in [6.07, 6.45) is 11.0. The Morgan fingerprint density at radius 1 is 0.632 bits per heavy atom. The molecule has 0 atom stereocenters. The molecule has 0 spiro atoms. The van der Waals surface area contributed by atoms with Gasteiger partial charge < -0.3 is 0 Å². The zero-order valence-electron chi connectivity index (χ0n) is 14.1. The van der Waals surface area contributed by atoms with Crippen molar-refractivity contribution in [2.75, 3.05) is 11.2 Å². The molecule has 0 aromatic heterocycles. The Morgan fingerprint density at radius 3 is 1.42 bits per heavy atom. The normalized spacial score (nSPS) is 12.0. The summed E-state index contributed by atoms with van der Waals surface area (Å²) in [4.78, 5) is 0. The molecule has 0 amide bonds. The average molecular weight is 377 g/mol. The van der Waals surface area contributed by atoms with E-state index >= 15 is 0 Å². The predicted octanol–water partition coefficient (Wildman–Crippen LogP) is 6.19. The van der Waals surface area contributed by atoms with Gasteiger partial charge in [-0.3, -0.25) is 0 Å². The fourth-order valence-corrected chi connectivity index (χ4v) is 17.3. The van der Waals surface area contributed by atoms with Crippen molar-refractivity contribution < 1.29 is 4.74 Å². The Kier molecular flexibility index (Phi) is 14.3. The molecule has 0 aliphatic rings. The molecular formula is C17H38OSn. The minimum atomic E-state index is -1.96. The van der Waals surface area contributed by atoms with Gasteiger partial charge in [0.15, 0.2) is 0 Å². The summed E-state index contributed by atoms with van der Waals surface area (Å²) >= 11 is -1.96. The van der Waals surface area contributed by atoms with Gasteiger partial charge >= 0.3 is 127 Å². The van der Waals surface area contributed by atoms with E-state index in [9.17, 15) is 0 Å². The van der Waals surface area contributed by atoms with Gasteiger partial charge in [0.25, 0.3) is 0 Å². The summed E-state index contributed by atoms with van der Waals surface area (Å²) < 4.78 is 12.1. The van der Waals surface area contributed by atoms with Crippen LogP contribution in [-0.4, -0.2) is 29.6 Å². The quantitative estimate of drug-likeness (QED) is 0.259. The number of rotatable bonds is 14. The molecular weight excluding hydrogens is 339 g/mol. The fourth-order valence-electron chi connectivity index (χ4n) is 2.78. The maximum atomic E-state index is 6.12. The second-order valence-electron chi connectivity index (χ2n) is 6.22. The number of ether oxygens (including phenoxy) is 1. The molecule has 0 unspecified atom stereocenters. The van der Waals surface area contributed by atoms with Crippen molar-refractivity contribution in [2.24, 2.45) is 0 Å². The van der Waals surface area contributed by atoms with Crippen molar-refractivity contribution in [2.45, 2.75) is 92.4 Å². The van der Waals surface area contributed by atoms with Crippen molar-refractivity contribution in [1.29, 1.82) is 0 Å². The van der Waals surface area contributed by atoms with Gasteiger partial charge in [0.1, 0.15) is 0 Å². The molecule has 0 aromatic carbocycles. The van der Waals surface area contributed by atoms with Crippen molar-refractivity contribution in [3.8, 4) is 0 Å². The van der Waals surface area contributed by atoms with Crippen molar-refractivity contribution in [3.63, 3.8) is 0 Å². The zero-order chi connectivity index (χ0) is 14.4. The number of hydrogen-bond acceptors (Lipinski definition) is 1. The molecule has 2 heteroatoms. The first-order chi connectivity index (χ1) is 9.24. The summed E-state index contributed by atoms with van der Waals surface area (Å²) in [7, 11) is 0. The topological polar surface area (TPSA) is 9.23 Å². The van der Waals surface area contributed by atoms with Crippen LogP contribution >= 0.6 is 0 Å². The zero-order valence-corrected chi connectivity index (χ0v) is 17.0. The molecule has 19 heavy (non-hydrogen) atoms. The van der Waals surface area contributed by atoms with Gasteiger partial charge in [-0.15, -0.1) is 0 Å². The second-order valence-corrected chi connectivity index (χ2v) is 19.9. The maximum absolute atomic E-state index is 6.12. The van der Waals surface area contributed by atoms with Crippen LogP contribution in [0.2, 0.25) is 13.3 Å². The predicted molar refractivity (Wildman–Crippen MR) is 90.6 cm³/mol. The van der Waals surface area contributed by atoms with E-state index < -0.39 is 18.4 Å². The molecule has 0 N–H and O–H groups in total. The van der Waals surface area contributed by atoms with Gasteiger partial charge in [-0.05, 0) is 0 Å². The Balaban J connectivity index is 4.38.